The summed E-state index contributed by atoms with van der Waals surface area (Å²) in [5.74, 6) is 3.38. The molecule has 1 unspecified atom stereocenters. The van der Waals surface area contributed by atoms with Gasteiger partial charge in [0.25, 0.3) is 0 Å². The summed E-state index contributed by atoms with van der Waals surface area (Å²) in [5.41, 5.74) is 2.93. The largest absolute Gasteiger partial charge is 0.507 e. The Kier molecular flexibility index (Phi) is 4.30. The molecule has 0 radical (unpaired) electrons. The molecule has 0 aliphatic carbocycles. The monoisotopic (exact) mass is 420 g/mol. The van der Waals surface area contributed by atoms with Crippen LogP contribution in [0.4, 0.5) is 0 Å². The Labute approximate surface area is 182 Å². The molecule has 0 fully saturated rings. The molecule has 0 amide bonds. The first-order valence-electron chi connectivity index (χ1n) is 10.7. The van der Waals surface area contributed by atoms with E-state index in [-0.39, 0.29) is 17.3 Å². The van der Waals surface area contributed by atoms with Crippen LogP contribution in [0.5, 0.6) is 28.7 Å². The fraction of sp³-hybridized carbons (Fsp3) is 0.385. The van der Waals surface area contributed by atoms with Gasteiger partial charge in [0, 0.05) is 23.1 Å². The average Bonchev–Trinajstić information content (AvgIpc) is 2.71. The number of benzene rings is 2. The lowest BCUT2D eigenvalue weighted by molar-refractivity contribution is 0.151. The third kappa shape index (κ3) is 3.32. The summed E-state index contributed by atoms with van der Waals surface area (Å²) in [4.78, 5) is 0. The third-order valence-electron chi connectivity index (χ3n) is 6.13. The Morgan fingerprint density at radius 3 is 2.42 bits per heavy atom. The quantitative estimate of drug-likeness (QED) is 0.696. The molecular formula is C26H28O5. The van der Waals surface area contributed by atoms with E-state index in [0.717, 1.165) is 51.7 Å². The molecule has 5 heteroatoms. The highest BCUT2D eigenvalue weighted by Crippen LogP contribution is 2.50. The zero-order valence-corrected chi connectivity index (χ0v) is 18.6. The number of phenols is 1. The lowest BCUT2D eigenvalue weighted by Crippen LogP contribution is -2.30. The molecule has 0 bridgehead atoms. The van der Waals surface area contributed by atoms with Crippen LogP contribution in [0.2, 0.25) is 0 Å². The molecule has 0 spiro atoms. The standard InChI is InChI=1S/C26H28O5/c1-25(2)11-9-18-22(30-25)13-21(28-5)19-12-15(14-29-23(18)19)16-6-7-20(27)17-8-10-26(3,4)31-24(16)17/h6-11,13,15,27H,12,14H2,1-5H3. The molecule has 0 saturated carbocycles. The zero-order valence-electron chi connectivity index (χ0n) is 18.6. The Balaban J connectivity index is 1.57. The van der Waals surface area contributed by atoms with E-state index in [1.165, 1.54) is 0 Å². The van der Waals surface area contributed by atoms with Gasteiger partial charge in [-0.15, -0.1) is 0 Å². The van der Waals surface area contributed by atoms with Crippen molar-refractivity contribution in [3.8, 4) is 28.7 Å². The van der Waals surface area contributed by atoms with Crippen LogP contribution in [0.15, 0.2) is 30.4 Å². The predicted molar refractivity (Wildman–Crippen MR) is 121 cm³/mol. The van der Waals surface area contributed by atoms with E-state index in [4.69, 9.17) is 18.9 Å². The first-order chi connectivity index (χ1) is 14.7. The summed E-state index contributed by atoms with van der Waals surface area (Å²) in [6.07, 6.45) is 8.78. The minimum absolute atomic E-state index is 0.0704. The second kappa shape index (κ2) is 6.71. The molecule has 162 valence electrons. The first-order valence-corrected chi connectivity index (χ1v) is 10.7. The van der Waals surface area contributed by atoms with Gasteiger partial charge in [-0.25, -0.2) is 0 Å². The van der Waals surface area contributed by atoms with Crippen molar-refractivity contribution >= 4 is 12.2 Å². The van der Waals surface area contributed by atoms with E-state index in [1.54, 1.807) is 13.2 Å². The smallest absolute Gasteiger partial charge is 0.137 e. The lowest BCUT2D eigenvalue weighted by atomic mass is 9.85. The van der Waals surface area contributed by atoms with Gasteiger partial charge in [0.05, 0.1) is 24.8 Å². The van der Waals surface area contributed by atoms with Crippen molar-refractivity contribution in [2.24, 2.45) is 0 Å². The molecule has 2 aromatic carbocycles. The average molecular weight is 421 g/mol. The number of hydrogen-bond donors (Lipinski definition) is 1. The maximum absolute atomic E-state index is 10.4. The normalized spacial score (nSPS) is 21.6. The summed E-state index contributed by atoms with van der Waals surface area (Å²) in [7, 11) is 1.67. The van der Waals surface area contributed by atoms with Crippen LogP contribution in [0.3, 0.4) is 0 Å². The zero-order chi connectivity index (χ0) is 22.0. The Morgan fingerprint density at radius 1 is 0.968 bits per heavy atom. The molecule has 31 heavy (non-hydrogen) atoms. The van der Waals surface area contributed by atoms with Crippen molar-refractivity contribution in [3.63, 3.8) is 0 Å². The number of rotatable bonds is 2. The second-order valence-corrected chi connectivity index (χ2v) is 9.50. The van der Waals surface area contributed by atoms with E-state index in [2.05, 4.69) is 12.2 Å². The van der Waals surface area contributed by atoms with Crippen molar-refractivity contribution in [2.45, 2.75) is 51.2 Å². The summed E-state index contributed by atoms with van der Waals surface area (Å²) in [6.45, 7) is 8.58. The van der Waals surface area contributed by atoms with Gasteiger partial charge in [0.2, 0.25) is 0 Å². The molecule has 5 nitrogen and oxygen atoms in total. The van der Waals surface area contributed by atoms with Gasteiger partial charge in [-0.2, -0.15) is 0 Å². The fourth-order valence-electron chi connectivity index (χ4n) is 4.53. The number of hydrogen-bond acceptors (Lipinski definition) is 5. The Hall–Kier alpha value is -3.08. The Morgan fingerprint density at radius 2 is 1.68 bits per heavy atom. The van der Waals surface area contributed by atoms with Crippen LogP contribution in [0.25, 0.3) is 12.2 Å². The highest BCUT2D eigenvalue weighted by molar-refractivity contribution is 5.73. The van der Waals surface area contributed by atoms with Gasteiger partial charge in [0.1, 0.15) is 39.9 Å². The summed E-state index contributed by atoms with van der Waals surface area (Å²) >= 11 is 0. The molecule has 1 N–H and O–H groups in total. The van der Waals surface area contributed by atoms with Crippen LogP contribution in [-0.2, 0) is 6.42 Å². The molecular weight excluding hydrogens is 392 g/mol. The number of methoxy groups -OCH3 is 1. The number of ether oxygens (including phenoxy) is 4. The van der Waals surface area contributed by atoms with Crippen LogP contribution >= 0.6 is 0 Å². The van der Waals surface area contributed by atoms with Crippen LogP contribution in [0, 0.1) is 0 Å². The van der Waals surface area contributed by atoms with Crippen LogP contribution < -0.4 is 18.9 Å². The summed E-state index contributed by atoms with van der Waals surface area (Å²) < 4.78 is 24.5. The number of aromatic hydroxyl groups is 1. The van der Waals surface area contributed by atoms with E-state index >= 15 is 0 Å². The summed E-state index contributed by atoms with van der Waals surface area (Å²) in [5, 5.41) is 10.4. The maximum atomic E-state index is 10.4. The van der Waals surface area contributed by atoms with Gasteiger partial charge in [0.15, 0.2) is 0 Å². The van der Waals surface area contributed by atoms with Gasteiger partial charge >= 0.3 is 0 Å². The predicted octanol–water partition coefficient (Wildman–Crippen LogP) is 5.49. The van der Waals surface area contributed by atoms with Crippen molar-refractivity contribution < 1.29 is 24.1 Å². The maximum Gasteiger partial charge on any atom is 0.137 e. The highest BCUT2D eigenvalue weighted by atomic mass is 16.5. The molecule has 1 atom stereocenters. The van der Waals surface area contributed by atoms with Gasteiger partial charge < -0.3 is 24.1 Å². The van der Waals surface area contributed by atoms with Gasteiger partial charge in [-0.1, -0.05) is 6.07 Å². The number of phenolic OH excluding ortho intramolecular Hbond substituents is 1. The fourth-order valence-corrected chi connectivity index (χ4v) is 4.53. The van der Waals surface area contributed by atoms with E-state index in [9.17, 15) is 5.11 Å². The van der Waals surface area contributed by atoms with Gasteiger partial charge in [-0.05, 0) is 64.5 Å². The van der Waals surface area contributed by atoms with Crippen LogP contribution in [-0.4, -0.2) is 30.0 Å². The van der Waals surface area contributed by atoms with Crippen molar-refractivity contribution in [1.82, 2.24) is 0 Å². The summed E-state index contributed by atoms with van der Waals surface area (Å²) in [6, 6.07) is 5.64. The second-order valence-electron chi connectivity index (χ2n) is 9.50. The molecule has 2 aromatic rings. The van der Waals surface area contributed by atoms with E-state index in [0.29, 0.717) is 6.61 Å². The molecule has 3 aliphatic heterocycles. The van der Waals surface area contributed by atoms with Crippen molar-refractivity contribution in [2.75, 3.05) is 13.7 Å². The molecule has 3 heterocycles. The van der Waals surface area contributed by atoms with E-state index in [1.807, 2.05) is 52.0 Å². The van der Waals surface area contributed by atoms with Gasteiger partial charge in [-0.3, -0.25) is 0 Å². The SMILES string of the molecule is COc1cc2c(c3c1CC(c1ccc(O)c4c1OC(C)(C)C=C4)CO3)C=CC(C)(C)O2. The molecule has 0 aromatic heterocycles. The molecule has 5 rings (SSSR count). The minimum atomic E-state index is -0.436. The molecule has 3 aliphatic rings. The first kappa shape index (κ1) is 19.9. The number of fused-ring (bicyclic) bond motifs is 4. The lowest BCUT2D eigenvalue weighted by Gasteiger charge is -2.35. The van der Waals surface area contributed by atoms with Crippen molar-refractivity contribution in [3.05, 3.63) is 52.6 Å². The third-order valence-corrected chi connectivity index (χ3v) is 6.13. The van der Waals surface area contributed by atoms with Crippen LogP contribution in [0.1, 0.15) is 55.9 Å². The highest BCUT2D eigenvalue weighted by Gasteiger charge is 2.35. The van der Waals surface area contributed by atoms with Crippen molar-refractivity contribution in [1.29, 1.82) is 0 Å². The topological polar surface area (TPSA) is 57.2 Å². The molecule has 0 saturated heterocycles. The Bertz CT molecular complexity index is 1120. The van der Waals surface area contributed by atoms with E-state index < -0.39 is 5.60 Å². The minimum Gasteiger partial charge on any atom is -0.507 e.